The second-order valence-electron chi connectivity index (χ2n) is 4.50. The molecule has 0 aliphatic rings. The van der Waals surface area contributed by atoms with E-state index in [-0.39, 0.29) is 18.2 Å². The zero-order chi connectivity index (χ0) is 13.7. The van der Waals surface area contributed by atoms with Crippen LogP contribution in [0.25, 0.3) is 0 Å². The van der Waals surface area contributed by atoms with E-state index in [1.54, 1.807) is 12.1 Å². The molecule has 0 fully saturated rings. The number of aliphatic hydroxyl groups is 1. The van der Waals surface area contributed by atoms with Crippen LogP contribution < -0.4 is 4.74 Å². The molecule has 0 spiro atoms. The topological polar surface area (TPSA) is 29.5 Å². The molecule has 0 saturated carbocycles. The van der Waals surface area contributed by atoms with E-state index in [9.17, 15) is 9.50 Å². The van der Waals surface area contributed by atoms with Crippen LogP contribution in [0.4, 0.5) is 4.39 Å². The summed E-state index contributed by atoms with van der Waals surface area (Å²) in [7, 11) is 0. The highest BCUT2D eigenvalue weighted by Crippen LogP contribution is 2.20. The highest BCUT2D eigenvalue weighted by molar-refractivity contribution is 5.29. The van der Waals surface area contributed by atoms with Gasteiger partial charge in [-0.25, -0.2) is 4.39 Å². The lowest BCUT2D eigenvalue weighted by Crippen LogP contribution is -2.06. The lowest BCUT2D eigenvalue weighted by molar-refractivity contribution is 0.139. The van der Waals surface area contributed by atoms with Gasteiger partial charge >= 0.3 is 0 Å². The van der Waals surface area contributed by atoms with Gasteiger partial charge in [-0.1, -0.05) is 36.4 Å². The fourth-order valence-corrected chi connectivity index (χ4v) is 1.84. The molecule has 3 heteroatoms. The minimum Gasteiger partial charge on any atom is -0.490 e. The van der Waals surface area contributed by atoms with Crippen molar-refractivity contribution < 1.29 is 14.2 Å². The molecule has 1 unspecified atom stereocenters. The van der Waals surface area contributed by atoms with Crippen molar-refractivity contribution in [1.82, 2.24) is 0 Å². The number of halogens is 1. The maximum Gasteiger partial charge on any atom is 0.165 e. The average Bonchev–Trinajstić information content (AvgIpc) is 2.43. The maximum absolute atomic E-state index is 13.4. The van der Waals surface area contributed by atoms with E-state index in [0.29, 0.717) is 6.42 Å². The maximum atomic E-state index is 13.4. The van der Waals surface area contributed by atoms with Crippen LogP contribution in [0, 0.1) is 12.7 Å². The lowest BCUT2D eigenvalue weighted by Gasteiger charge is -2.12. The Kier molecular flexibility index (Phi) is 4.53. The van der Waals surface area contributed by atoms with E-state index < -0.39 is 6.10 Å². The number of rotatable bonds is 5. The largest absolute Gasteiger partial charge is 0.490 e. The quantitative estimate of drug-likeness (QED) is 0.889. The molecule has 0 amide bonds. The van der Waals surface area contributed by atoms with Crippen molar-refractivity contribution in [3.63, 3.8) is 0 Å². The van der Waals surface area contributed by atoms with E-state index >= 15 is 0 Å². The molecule has 2 aromatic carbocycles. The van der Waals surface area contributed by atoms with Gasteiger partial charge < -0.3 is 9.84 Å². The van der Waals surface area contributed by atoms with E-state index in [1.165, 1.54) is 6.07 Å². The smallest absolute Gasteiger partial charge is 0.165 e. The first-order valence-electron chi connectivity index (χ1n) is 6.29. The Labute approximate surface area is 112 Å². The number of hydrogen-bond acceptors (Lipinski definition) is 2. The van der Waals surface area contributed by atoms with Crippen LogP contribution in [0.2, 0.25) is 0 Å². The second-order valence-corrected chi connectivity index (χ2v) is 4.50. The molecule has 2 rings (SSSR count). The van der Waals surface area contributed by atoms with Gasteiger partial charge in [0.1, 0.15) is 0 Å². The summed E-state index contributed by atoms with van der Waals surface area (Å²) < 4.78 is 18.8. The molecular weight excluding hydrogens is 243 g/mol. The Morgan fingerprint density at radius 2 is 1.89 bits per heavy atom. The summed E-state index contributed by atoms with van der Waals surface area (Å²) in [4.78, 5) is 0. The van der Waals surface area contributed by atoms with Crippen LogP contribution >= 0.6 is 0 Å². The molecule has 0 bridgehead atoms. The van der Waals surface area contributed by atoms with Gasteiger partial charge in [0.05, 0.1) is 12.7 Å². The Bertz CT molecular complexity index is 526. The predicted molar refractivity (Wildman–Crippen MR) is 72.7 cm³/mol. The number of ether oxygens (including phenoxy) is 1. The summed E-state index contributed by atoms with van der Waals surface area (Å²) in [6.45, 7) is 2.15. The molecule has 100 valence electrons. The van der Waals surface area contributed by atoms with Crippen molar-refractivity contribution in [2.45, 2.75) is 19.4 Å². The summed E-state index contributed by atoms with van der Waals surface area (Å²) in [5.41, 5.74) is 1.79. The zero-order valence-corrected chi connectivity index (χ0v) is 10.8. The van der Waals surface area contributed by atoms with Gasteiger partial charge in [0, 0.05) is 6.42 Å². The molecule has 19 heavy (non-hydrogen) atoms. The molecular formula is C16H17FO2. The zero-order valence-electron chi connectivity index (χ0n) is 10.8. The summed E-state index contributed by atoms with van der Waals surface area (Å²) in [5.74, 6) is -0.139. The van der Waals surface area contributed by atoms with Crippen LogP contribution in [0.1, 0.15) is 23.7 Å². The number of benzene rings is 2. The highest BCUT2D eigenvalue weighted by atomic mass is 19.1. The van der Waals surface area contributed by atoms with E-state index in [1.807, 2.05) is 37.3 Å². The first kappa shape index (κ1) is 13.6. The average molecular weight is 260 g/mol. The lowest BCUT2D eigenvalue weighted by atomic mass is 10.1. The molecule has 0 radical (unpaired) electrons. The first-order chi connectivity index (χ1) is 9.16. The van der Waals surface area contributed by atoms with E-state index in [4.69, 9.17) is 4.74 Å². The van der Waals surface area contributed by atoms with Gasteiger partial charge in [0.15, 0.2) is 11.6 Å². The fourth-order valence-electron chi connectivity index (χ4n) is 1.84. The Hall–Kier alpha value is -1.87. The van der Waals surface area contributed by atoms with Crippen LogP contribution in [0.15, 0.2) is 48.5 Å². The van der Waals surface area contributed by atoms with Gasteiger partial charge in [0.2, 0.25) is 0 Å². The van der Waals surface area contributed by atoms with Crippen molar-refractivity contribution in [2.24, 2.45) is 0 Å². The molecule has 0 aromatic heterocycles. The third-order valence-electron chi connectivity index (χ3n) is 2.92. The fraction of sp³-hybridized carbons (Fsp3) is 0.250. The second kappa shape index (κ2) is 6.34. The Morgan fingerprint density at radius 1 is 1.16 bits per heavy atom. The van der Waals surface area contributed by atoms with Crippen molar-refractivity contribution in [3.8, 4) is 5.75 Å². The van der Waals surface area contributed by atoms with Crippen LogP contribution in [0.5, 0.6) is 5.75 Å². The van der Waals surface area contributed by atoms with Crippen LogP contribution in [-0.4, -0.2) is 11.7 Å². The monoisotopic (exact) mass is 260 g/mol. The minimum absolute atomic E-state index is 0.236. The van der Waals surface area contributed by atoms with E-state index in [0.717, 1.165) is 11.1 Å². The summed E-state index contributed by atoms with van der Waals surface area (Å²) in [6.07, 6.45) is -0.161. The summed E-state index contributed by atoms with van der Waals surface area (Å²) in [5, 5.41) is 9.95. The van der Waals surface area contributed by atoms with Crippen LogP contribution in [-0.2, 0) is 0 Å². The van der Waals surface area contributed by atoms with Crippen LogP contribution in [0.3, 0.4) is 0 Å². The van der Waals surface area contributed by atoms with E-state index in [2.05, 4.69) is 0 Å². The first-order valence-corrected chi connectivity index (χ1v) is 6.29. The van der Waals surface area contributed by atoms with Gasteiger partial charge in [-0.2, -0.15) is 0 Å². The highest BCUT2D eigenvalue weighted by Gasteiger charge is 2.08. The molecule has 0 aliphatic carbocycles. The van der Waals surface area contributed by atoms with Gasteiger partial charge in [-0.05, 0) is 30.2 Å². The Balaban J connectivity index is 1.88. The molecule has 2 aromatic rings. The number of hydrogen-bond donors (Lipinski definition) is 1. The number of aliphatic hydroxyl groups excluding tert-OH is 1. The normalized spacial score (nSPS) is 12.2. The van der Waals surface area contributed by atoms with Crippen molar-refractivity contribution in [3.05, 3.63) is 65.5 Å². The van der Waals surface area contributed by atoms with Gasteiger partial charge in [-0.3, -0.25) is 0 Å². The van der Waals surface area contributed by atoms with Gasteiger partial charge in [0.25, 0.3) is 0 Å². The standard InChI is InChI=1S/C16H17FO2/c1-12-7-8-14(17)16(11-12)19-10-9-15(18)13-5-3-2-4-6-13/h2-8,11,15,18H,9-10H2,1H3. The SMILES string of the molecule is Cc1ccc(F)c(OCCC(O)c2ccccc2)c1. The molecule has 1 N–H and O–H groups in total. The molecule has 0 aliphatic heterocycles. The minimum atomic E-state index is -0.589. The Morgan fingerprint density at radius 3 is 2.63 bits per heavy atom. The third kappa shape index (κ3) is 3.80. The summed E-state index contributed by atoms with van der Waals surface area (Å²) >= 11 is 0. The number of aryl methyl sites for hydroxylation is 1. The third-order valence-corrected chi connectivity index (χ3v) is 2.92. The van der Waals surface area contributed by atoms with Crippen molar-refractivity contribution in [2.75, 3.05) is 6.61 Å². The molecule has 1 atom stereocenters. The predicted octanol–water partition coefficient (Wildman–Crippen LogP) is 3.64. The van der Waals surface area contributed by atoms with Crippen molar-refractivity contribution in [1.29, 1.82) is 0 Å². The van der Waals surface area contributed by atoms with Gasteiger partial charge in [-0.15, -0.1) is 0 Å². The molecule has 0 saturated heterocycles. The van der Waals surface area contributed by atoms with Crippen molar-refractivity contribution >= 4 is 0 Å². The summed E-state index contributed by atoms with van der Waals surface area (Å²) in [6, 6.07) is 14.1. The molecule has 0 heterocycles. The molecule has 2 nitrogen and oxygen atoms in total.